The lowest BCUT2D eigenvalue weighted by Crippen LogP contribution is -2.37. The molecule has 1 fully saturated rings. The van der Waals surface area contributed by atoms with Crippen molar-refractivity contribution in [3.63, 3.8) is 0 Å². The Bertz CT molecular complexity index is 966. The van der Waals surface area contributed by atoms with Gasteiger partial charge < -0.3 is 4.90 Å². The van der Waals surface area contributed by atoms with E-state index in [9.17, 15) is 9.59 Å². The van der Waals surface area contributed by atoms with E-state index < -0.39 is 0 Å². The second kappa shape index (κ2) is 11.8. The molecule has 0 aromatic heterocycles. The van der Waals surface area contributed by atoms with Crippen molar-refractivity contribution >= 4 is 24.1 Å². The standard InChI is InChI=1S/C28H36N2O2.ClH/c1-21-5-3-4-6-27(21)20-29-15-13-24-8-9-26(19-25(24)14-16-29)28(32)10-7-23-11-17-30(18-12-23)22(2)31;/h3-6,8-9,19,23H,7,10-18,20H2,1-2H3;1H. The first-order valence-corrected chi connectivity index (χ1v) is 12.2. The molecule has 4 nitrogen and oxygen atoms in total. The number of ketones is 1. The van der Waals surface area contributed by atoms with Crippen molar-refractivity contribution in [1.29, 1.82) is 0 Å². The average molecular weight is 469 g/mol. The highest BCUT2D eigenvalue weighted by Crippen LogP contribution is 2.25. The highest BCUT2D eigenvalue weighted by Gasteiger charge is 2.22. The number of piperidine rings is 1. The zero-order valence-electron chi connectivity index (χ0n) is 20.0. The third-order valence-corrected chi connectivity index (χ3v) is 7.42. The van der Waals surface area contributed by atoms with Crippen LogP contribution in [-0.4, -0.2) is 47.7 Å². The van der Waals surface area contributed by atoms with Crippen molar-refractivity contribution in [2.75, 3.05) is 26.2 Å². The fourth-order valence-electron chi connectivity index (χ4n) is 5.15. The maximum absolute atomic E-state index is 12.9. The molecule has 2 heterocycles. The van der Waals surface area contributed by atoms with E-state index in [2.05, 4.69) is 48.2 Å². The van der Waals surface area contributed by atoms with Crippen molar-refractivity contribution in [3.8, 4) is 0 Å². The first-order chi connectivity index (χ1) is 15.5. The van der Waals surface area contributed by atoms with Crippen LogP contribution in [0.3, 0.4) is 0 Å². The third-order valence-electron chi connectivity index (χ3n) is 7.42. The molecule has 2 aromatic rings. The number of rotatable bonds is 6. The maximum atomic E-state index is 12.9. The smallest absolute Gasteiger partial charge is 0.219 e. The molecule has 2 aliphatic rings. The van der Waals surface area contributed by atoms with Gasteiger partial charge >= 0.3 is 0 Å². The molecule has 0 saturated carbocycles. The minimum atomic E-state index is 0. The van der Waals surface area contributed by atoms with Crippen LogP contribution >= 0.6 is 12.4 Å². The number of nitrogens with zero attached hydrogens (tertiary/aromatic N) is 2. The molecule has 0 bridgehead atoms. The van der Waals surface area contributed by atoms with Crippen molar-refractivity contribution in [1.82, 2.24) is 9.80 Å². The normalized spacial score (nSPS) is 17.1. The summed E-state index contributed by atoms with van der Waals surface area (Å²) < 4.78 is 0. The Labute approximate surface area is 204 Å². The number of hydrogen-bond donors (Lipinski definition) is 0. The van der Waals surface area contributed by atoms with E-state index in [1.807, 2.05) is 11.0 Å². The topological polar surface area (TPSA) is 40.6 Å². The van der Waals surface area contributed by atoms with Gasteiger partial charge in [-0.1, -0.05) is 36.4 Å². The zero-order chi connectivity index (χ0) is 22.5. The Balaban J connectivity index is 0.00000306. The summed E-state index contributed by atoms with van der Waals surface area (Å²) in [5.74, 6) is 0.996. The Morgan fingerprint density at radius 2 is 1.64 bits per heavy atom. The summed E-state index contributed by atoms with van der Waals surface area (Å²) in [6, 6.07) is 15.0. The van der Waals surface area contributed by atoms with E-state index in [0.717, 1.165) is 70.4 Å². The highest BCUT2D eigenvalue weighted by molar-refractivity contribution is 5.96. The van der Waals surface area contributed by atoms with Crippen LogP contribution in [0.2, 0.25) is 0 Å². The van der Waals surface area contributed by atoms with Gasteiger partial charge in [0.2, 0.25) is 5.91 Å². The Hall–Kier alpha value is -2.17. The van der Waals surface area contributed by atoms with Crippen LogP contribution in [0, 0.1) is 12.8 Å². The van der Waals surface area contributed by atoms with Gasteiger partial charge in [-0.2, -0.15) is 0 Å². The fourth-order valence-corrected chi connectivity index (χ4v) is 5.15. The summed E-state index contributed by atoms with van der Waals surface area (Å²) in [5.41, 5.74) is 6.37. The Morgan fingerprint density at radius 1 is 0.939 bits per heavy atom. The largest absolute Gasteiger partial charge is 0.343 e. The highest BCUT2D eigenvalue weighted by atomic mass is 35.5. The first-order valence-electron chi connectivity index (χ1n) is 12.2. The number of aryl methyl sites for hydroxylation is 1. The second-order valence-corrected chi connectivity index (χ2v) is 9.60. The molecule has 1 saturated heterocycles. The van der Waals surface area contributed by atoms with Crippen LogP contribution in [0.1, 0.15) is 65.2 Å². The summed E-state index contributed by atoms with van der Waals surface area (Å²) in [7, 11) is 0. The lowest BCUT2D eigenvalue weighted by molar-refractivity contribution is -0.130. The fraction of sp³-hybridized carbons (Fsp3) is 0.500. The van der Waals surface area contributed by atoms with E-state index in [-0.39, 0.29) is 24.1 Å². The molecule has 2 aromatic carbocycles. The van der Waals surface area contributed by atoms with Crippen LogP contribution in [0.25, 0.3) is 0 Å². The maximum Gasteiger partial charge on any atom is 0.219 e. The lowest BCUT2D eigenvalue weighted by Gasteiger charge is -2.31. The molecule has 1 amide bonds. The van der Waals surface area contributed by atoms with Gasteiger partial charge in [0.1, 0.15) is 0 Å². The van der Waals surface area contributed by atoms with Gasteiger partial charge in [0.15, 0.2) is 5.78 Å². The average Bonchev–Trinajstić information content (AvgIpc) is 3.01. The van der Waals surface area contributed by atoms with Crippen LogP contribution in [0.4, 0.5) is 0 Å². The summed E-state index contributed by atoms with van der Waals surface area (Å²) in [5, 5.41) is 0. The van der Waals surface area contributed by atoms with Gasteiger partial charge in [-0.25, -0.2) is 0 Å². The van der Waals surface area contributed by atoms with Crippen molar-refractivity contribution in [2.24, 2.45) is 5.92 Å². The van der Waals surface area contributed by atoms with Crippen molar-refractivity contribution < 1.29 is 9.59 Å². The SMILES string of the molecule is CC(=O)N1CCC(CCC(=O)c2ccc3c(c2)CCN(Cc2ccccc2C)CC3)CC1.Cl. The van der Waals surface area contributed by atoms with Gasteiger partial charge in [0, 0.05) is 51.6 Å². The number of amides is 1. The molecule has 0 unspecified atom stereocenters. The van der Waals surface area contributed by atoms with Gasteiger partial charge in [-0.3, -0.25) is 14.5 Å². The van der Waals surface area contributed by atoms with E-state index in [4.69, 9.17) is 0 Å². The molecular weight excluding hydrogens is 432 g/mol. The number of halogens is 1. The molecule has 0 aliphatic carbocycles. The van der Waals surface area contributed by atoms with E-state index in [1.54, 1.807) is 6.92 Å². The summed E-state index contributed by atoms with van der Waals surface area (Å²) in [6.45, 7) is 8.60. The Morgan fingerprint density at radius 3 is 2.33 bits per heavy atom. The van der Waals surface area contributed by atoms with Gasteiger partial charge in [-0.15, -0.1) is 12.4 Å². The summed E-state index contributed by atoms with van der Waals surface area (Å²) >= 11 is 0. The number of carbonyl (C=O) groups is 2. The van der Waals surface area contributed by atoms with E-state index in [0.29, 0.717) is 12.3 Å². The number of hydrogen-bond acceptors (Lipinski definition) is 3. The second-order valence-electron chi connectivity index (χ2n) is 9.60. The molecule has 0 spiro atoms. The molecule has 178 valence electrons. The predicted molar refractivity (Wildman–Crippen MR) is 136 cm³/mol. The quantitative estimate of drug-likeness (QED) is 0.544. The molecule has 0 radical (unpaired) electrons. The number of carbonyl (C=O) groups excluding carboxylic acids is 2. The minimum Gasteiger partial charge on any atom is -0.343 e. The number of Topliss-reactive ketones (excluding diaryl/α,β-unsaturated/α-hetero) is 1. The predicted octanol–water partition coefficient (Wildman–Crippen LogP) is 5.24. The zero-order valence-corrected chi connectivity index (χ0v) is 20.8. The molecule has 33 heavy (non-hydrogen) atoms. The number of benzene rings is 2. The van der Waals surface area contributed by atoms with Crippen LogP contribution in [0.15, 0.2) is 42.5 Å². The van der Waals surface area contributed by atoms with Crippen LogP contribution < -0.4 is 0 Å². The van der Waals surface area contributed by atoms with Gasteiger partial charge in [0.05, 0.1) is 0 Å². The summed E-state index contributed by atoms with van der Waals surface area (Å²) in [4.78, 5) is 28.9. The number of fused-ring (bicyclic) bond motifs is 1. The molecule has 0 atom stereocenters. The van der Waals surface area contributed by atoms with Gasteiger partial charge in [0.25, 0.3) is 0 Å². The molecule has 4 rings (SSSR count). The molecule has 2 aliphatic heterocycles. The molecule has 0 N–H and O–H groups in total. The minimum absolute atomic E-state index is 0. The lowest BCUT2D eigenvalue weighted by atomic mass is 9.89. The van der Waals surface area contributed by atoms with Crippen LogP contribution in [-0.2, 0) is 24.2 Å². The van der Waals surface area contributed by atoms with E-state index >= 15 is 0 Å². The first kappa shape index (κ1) is 25.5. The molecular formula is C28H37ClN2O2. The van der Waals surface area contributed by atoms with Gasteiger partial charge in [-0.05, 0) is 73.3 Å². The molecule has 5 heteroatoms. The summed E-state index contributed by atoms with van der Waals surface area (Å²) in [6.07, 6.45) is 5.65. The monoisotopic (exact) mass is 468 g/mol. The Kier molecular flexibility index (Phi) is 9.10. The van der Waals surface area contributed by atoms with Crippen LogP contribution in [0.5, 0.6) is 0 Å². The van der Waals surface area contributed by atoms with Crippen molar-refractivity contribution in [2.45, 2.75) is 58.9 Å². The third kappa shape index (κ3) is 6.68. The number of likely N-dealkylation sites (tertiary alicyclic amines) is 1. The van der Waals surface area contributed by atoms with E-state index in [1.165, 1.54) is 22.3 Å². The van der Waals surface area contributed by atoms with Crippen molar-refractivity contribution in [3.05, 3.63) is 70.3 Å².